The van der Waals surface area contributed by atoms with E-state index in [1.807, 2.05) is 25.1 Å². The third kappa shape index (κ3) is 4.43. The van der Waals surface area contributed by atoms with Crippen LogP contribution in [0.1, 0.15) is 11.1 Å². The van der Waals surface area contributed by atoms with Crippen molar-refractivity contribution in [1.29, 1.82) is 5.26 Å². The van der Waals surface area contributed by atoms with Crippen LogP contribution in [0.3, 0.4) is 0 Å². The average Bonchev–Trinajstić information content (AvgIpc) is 3.01. The normalized spacial score (nSPS) is 17.8. The first-order valence-electron chi connectivity index (χ1n) is 8.73. The highest BCUT2D eigenvalue weighted by atomic mass is 35.5. The molecule has 1 atom stereocenters. The molecule has 0 aliphatic carbocycles. The number of anilines is 1. The lowest BCUT2D eigenvalue weighted by Crippen LogP contribution is -2.31. The van der Waals surface area contributed by atoms with Crippen molar-refractivity contribution in [3.05, 3.63) is 74.2 Å². The Kier molecular flexibility index (Phi) is 6.53. The van der Waals surface area contributed by atoms with Crippen molar-refractivity contribution in [2.24, 2.45) is 0 Å². The monoisotopic (exact) mass is 445 g/mol. The number of thioether (sulfide) groups is 1. The molecule has 1 saturated heterocycles. The number of nitrogens with zero attached hydrogens (tertiary/aromatic N) is 2. The molecule has 0 bridgehead atoms. The molecular weight excluding hydrogens is 429 g/mol. The fraction of sp³-hybridized carbons (Fsp3) is 0.190. The molecule has 29 heavy (non-hydrogen) atoms. The van der Waals surface area contributed by atoms with Crippen LogP contribution in [0, 0.1) is 18.3 Å². The molecule has 2 aromatic carbocycles. The number of rotatable bonds is 4. The standard InChI is InChI=1S/C21H17Cl2N3O2S/c1-12-3-7-15(8-4-12)26-20(28)18(9-13-5-6-14(22)10-17(13)23)29-21(26)16(11-24)19(27)25-2/h3-8,10,18H,9H2,1-2H3,(H,25,27)/b21-16+/t18-/m1/s1. The van der Waals surface area contributed by atoms with Crippen molar-refractivity contribution in [2.75, 3.05) is 11.9 Å². The number of halogens is 2. The highest BCUT2D eigenvalue weighted by molar-refractivity contribution is 8.05. The summed E-state index contributed by atoms with van der Waals surface area (Å²) in [7, 11) is 1.45. The summed E-state index contributed by atoms with van der Waals surface area (Å²) in [5.41, 5.74) is 2.31. The van der Waals surface area contributed by atoms with E-state index in [1.54, 1.807) is 30.3 Å². The second-order valence-corrected chi connectivity index (χ2v) is 8.46. The maximum Gasteiger partial charge on any atom is 0.264 e. The minimum atomic E-state index is -0.537. The van der Waals surface area contributed by atoms with Gasteiger partial charge in [0.2, 0.25) is 5.91 Å². The van der Waals surface area contributed by atoms with Gasteiger partial charge in [0.05, 0.1) is 5.25 Å². The molecule has 1 fully saturated rings. The van der Waals surface area contributed by atoms with Gasteiger partial charge in [0, 0.05) is 22.8 Å². The molecule has 0 unspecified atom stereocenters. The van der Waals surface area contributed by atoms with Gasteiger partial charge in [-0.1, -0.05) is 58.7 Å². The summed E-state index contributed by atoms with van der Waals surface area (Å²) in [5.74, 6) is -0.749. The Hall–Kier alpha value is -2.46. The zero-order valence-corrected chi connectivity index (χ0v) is 18.0. The summed E-state index contributed by atoms with van der Waals surface area (Å²) in [6, 6.07) is 14.4. The van der Waals surface area contributed by atoms with E-state index in [1.165, 1.54) is 23.7 Å². The van der Waals surface area contributed by atoms with E-state index in [2.05, 4.69) is 5.32 Å². The highest BCUT2D eigenvalue weighted by Gasteiger charge is 2.40. The van der Waals surface area contributed by atoms with Crippen LogP contribution in [0.5, 0.6) is 0 Å². The van der Waals surface area contributed by atoms with Crippen LogP contribution >= 0.6 is 35.0 Å². The first-order chi connectivity index (χ1) is 13.8. The van der Waals surface area contributed by atoms with Crippen LogP contribution in [0.2, 0.25) is 10.0 Å². The number of carbonyl (C=O) groups excluding carboxylic acids is 2. The van der Waals surface area contributed by atoms with E-state index in [0.29, 0.717) is 27.2 Å². The number of nitriles is 1. The predicted octanol–water partition coefficient (Wildman–Crippen LogP) is 4.47. The number of nitrogens with one attached hydrogen (secondary N) is 1. The Morgan fingerprint density at radius 1 is 1.24 bits per heavy atom. The third-order valence-corrected chi connectivity index (χ3v) is 6.29. The van der Waals surface area contributed by atoms with E-state index in [4.69, 9.17) is 23.2 Å². The molecule has 5 nitrogen and oxygen atoms in total. The van der Waals surface area contributed by atoms with Gasteiger partial charge in [0.25, 0.3) is 5.91 Å². The molecule has 1 aliphatic heterocycles. The molecule has 148 valence electrons. The number of amides is 2. The fourth-order valence-electron chi connectivity index (χ4n) is 2.93. The van der Waals surface area contributed by atoms with Gasteiger partial charge in [-0.25, -0.2) is 0 Å². The van der Waals surface area contributed by atoms with Gasteiger partial charge in [0.1, 0.15) is 16.7 Å². The van der Waals surface area contributed by atoms with Crippen molar-refractivity contribution in [2.45, 2.75) is 18.6 Å². The van der Waals surface area contributed by atoms with Crippen molar-refractivity contribution < 1.29 is 9.59 Å². The van der Waals surface area contributed by atoms with Gasteiger partial charge in [-0.2, -0.15) is 5.26 Å². The van der Waals surface area contributed by atoms with Gasteiger partial charge in [-0.05, 0) is 43.2 Å². The zero-order chi connectivity index (χ0) is 21.1. The second-order valence-electron chi connectivity index (χ2n) is 6.43. The number of benzene rings is 2. The summed E-state index contributed by atoms with van der Waals surface area (Å²) in [6.45, 7) is 1.94. The third-order valence-electron chi connectivity index (χ3n) is 4.45. The zero-order valence-electron chi connectivity index (χ0n) is 15.7. The van der Waals surface area contributed by atoms with Crippen LogP contribution in [0.25, 0.3) is 0 Å². The maximum atomic E-state index is 13.3. The van der Waals surface area contributed by atoms with Gasteiger partial charge in [0.15, 0.2) is 0 Å². The Labute approximate surface area is 183 Å². The van der Waals surface area contributed by atoms with E-state index in [0.717, 1.165) is 11.1 Å². The minimum absolute atomic E-state index is 0.101. The summed E-state index contributed by atoms with van der Waals surface area (Å²) in [6.07, 6.45) is 0.345. The molecule has 0 saturated carbocycles. The van der Waals surface area contributed by atoms with E-state index < -0.39 is 11.2 Å². The van der Waals surface area contributed by atoms with Gasteiger partial charge >= 0.3 is 0 Å². The SMILES string of the molecule is CNC(=O)/C(C#N)=C1/S[C@H](Cc2ccc(Cl)cc2Cl)C(=O)N1c1ccc(C)cc1. The lowest BCUT2D eigenvalue weighted by molar-refractivity contribution is -0.117. The van der Waals surface area contributed by atoms with Crippen LogP contribution in [0.15, 0.2) is 53.1 Å². The van der Waals surface area contributed by atoms with E-state index in [-0.39, 0.29) is 11.5 Å². The molecule has 3 rings (SSSR count). The molecule has 1 heterocycles. The topological polar surface area (TPSA) is 73.2 Å². The van der Waals surface area contributed by atoms with Crippen LogP contribution in [0.4, 0.5) is 5.69 Å². The molecule has 2 aromatic rings. The lowest BCUT2D eigenvalue weighted by Gasteiger charge is -2.18. The van der Waals surface area contributed by atoms with Crippen molar-refractivity contribution >= 4 is 52.5 Å². The molecule has 1 aliphatic rings. The average molecular weight is 446 g/mol. The largest absolute Gasteiger partial charge is 0.354 e. The van der Waals surface area contributed by atoms with Crippen molar-refractivity contribution in [3.63, 3.8) is 0 Å². The molecule has 1 N–H and O–H groups in total. The number of hydrogen-bond donors (Lipinski definition) is 1. The van der Waals surface area contributed by atoms with Crippen molar-refractivity contribution in [1.82, 2.24) is 5.32 Å². The van der Waals surface area contributed by atoms with E-state index >= 15 is 0 Å². The number of carbonyl (C=O) groups is 2. The van der Waals surface area contributed by atoms with Crippen molar-refractivity contribution in [3.8, 4) is 6.07 Å². The Morgan fingerprint density at radius 3 is 2.52 bits per heavy atom. The highest BCUT2D eigenvalue weighted by Crippen LogP contribution is 2.42. The summed E-state index contributed by atoms with van der Waals surface area (Å²) in [5, 5.41) is 12.8. The predicted molar refractivity (Wildman–Crippen MR) is 117 cm³/mol. The fourth-order valence-corrected chi connectivity index (χ4v) is 4.71. The molecule has 0 spiro atoms. The quantitative estimate of drug-likeness (QED) is 0.556. The first-order valence-corrected chi connectivity index (χ1v) is 10.4. The van der Waals surface area contributed by atoms with Gasteiger partial charge < -0.3 is 5.32 Å². The summed E-state index contributed by atoms with van der Waals surface area (Å²) < 4.78 is 0. The van der Waals surface area contributed by atoms with Gasteiger partial charge in [-0.3, -0.25) is 14.5 Å². The summed E-state index contributed by atoms with van der Waals surface area (Å²) >= 11 is 13.4. The molecular formula is C21H17Cl2N3O2S. The number of aryl methyl sites for hydroxylation is 1. The molecule has 0 radical (unpaired) electrons. The molecule has 8 heteroatoms. The molecule has 0 aromatic heterocycles. The Morgan fingerprint density at radius 2 is 1.93 bits per heavy atom. The smallest absolute Gasteiger partial charge is 0.264 e. The van der Waals surface area contributed by atoms with Crippen LogP contribution in [-0.2, 0) is 16.0 Å². The van der Waals surface area contributed by atoms with Crippen LogP contribution < -0.4 is 10.2 Å². The number of hydrogen-bond acceptors (Lipinski definition) is 4. The second kappa shape index (κ2) is 8.91. The Balaban J connectivity index is 2.05. The lowest BCUT2D eigenvalue weighted by atomic mass is 10.1. The van der Waals surface area contributed by atoms with Crippen LogP contribution in [-0.4, -0.2) is 24.1 Å². The summed E-state index contributed by atoms with van der Waals surface area (Å²) in [4.78, 5) is 27.0. The number of likely N-dealkylation sites (N-methyl/N-ethyl adjacent to an activating group) is 1. The van der Waals surface area contributed by atoms with E-state index in [9.17, 15) is 14.9 Å². The Bertz CT molecular complexity index is 1040. The molecule has 2 amide bonds. The maximum absolute atomic E-state index is 13.3. The minimum Gasteiger partial charge on any atom is -0.354 e. The van der Waals surface area contributed by atoms with Gasteiger partial charge in [-0.15, -0.1) is 0 Å². The first kappa shape index (κ1) is 21.3.